The Hall–Kier alpha value is -1.58. The quantitative estimate of drug-likeness (QED) is 0.815. The lowest BCUT2D eigenvalue weighted by atomic mass is 10.2. The van der Waals surface area contributed by atoms with Crippen LogP contribution in [0.15, 0.2) is 24.3 Å². The van der Waals surface area contributed by atoms with Crippen LogP contribution in [0, 0.1) is 11.3 Å². The van der Waals surface area contributed by atoms with Gasteiger partial charge in [-0.15, -0.1) is 0 Å². The van der Waals surface area contributed by atoms with Crippen molar-refractivity contribution in [2.24, 2.45) is 0 Å². The van der Waals surface area contributed by atoms with Crippen LogP contribution in [0.4, 0.5) is 5.69 Å². The summed E-state index contributed by atoms with van der Waals surface area (Å²) < 4.78 is 25.4. The summed E-state index contributed by atoms with van der Waals surface area (Å²) in [5, 5.41) is 7.71. The van der Waals surface area contributed by atoms with Gasteiger partial charge in [-0.2, -0.15) is 9.57 Å². The molecular formula is C12H17N3O2S. The third-order valence-corrected chi connectivity index (χ3v) is 4.76. The van der Waals surface area contributed by atoms with Crippen LogP contribution >= 0.6 is 0 Å². The summed E-state index contributed by atoms with van der Waals surface area (Å²) in [4.78, 5) is 0. The first-order valence-corrected chi connectivity index (χ1v) is 7.15. The van der Waals surface area contributed by atoms with Crippen LogP contribution in [0.1, 0.15) is 19.4 Å². The molecule has 0 saturated carbocycles. The Morgan fingerprint density at radius 3 is 2.67 bits per heavy atom. The van der Waals surface area contributed by atoms with Gasteiger partial charge in [0, 0.05) is 18.8 Å². The first kappa shape index (κ1) is 14.5. The highest BCUT2D eigenvalue weighted by molar-refractivity contribution is 7.89. The summed E-state index contributed by atoms with van der Waals surface area (Å²) in [6.45, 7) is 3.68. The summed E-state index contributed by atoms with van der Waals surface area (Å²) in [5.41, 5.74) is 7.05. The minimum Gasteiger partial charge on any atom is -0.399 e. The molecule has 1 atom stereocenters. The maximum Gasteiger partial charge on any atom is 0.230 e. The number of nitrogens with zero attached hydrogens (tertiary/aromatic N) is 2. The molecule has 0 radical (unpaired) electrons. The molecule has 5 nitrogen and oxygen atoms in total. The predicted molar refractivity (Wildman–Crippen MR) is 70.9 cm³/mol. The molecule has 0 spiro atoms. The lowest BCUT2D eigenvalue weighted by molar-refractivity contribution is 0.420. The molecule has 0 fully saturated rings. The fraction of sp³-hybridized carbons (Fsp3) is 0.417. The van der Waals surface area contributed by atoms with Crippen LogP contribution in [0.25, 0.3) is 0 Å². The Balaban J connectivity index is 2.97. The molecule has 0 aliphatic rings. The van der Waals surface area contributed by atoms with Crippen LogP contribution in [0.3, 0.4) is 0 Å². The third kappa shape index (κ3) is 3.22. The van der Waals surface area contributed by atoms with E-state index in [-0.39, 0.29) is 6.54 Å². The zero-order valence-corrected chi connectivity index (χ0v) is 11.3. The second kappa shape index (κ2) is 5.85. The van der Waals surface area contributed by atoms with Crippen molar-refractivity contribution in [1.29, 1.82) is 5.26 Å². The fourth-order valence-electron chi connectivity index (χ4n) is 1.57. The molecule has 18 heavy (non-hydrogen) atoms. The van der Waals surface area contributed by atoms with Crippen molar-refractivity contribution >= 4 is 15.7 Å². The summed E-state index contributed by atoms with van der Waals surface area (Å²) in [6, 6.07) is 8.82. The normalized spacial score (nSPS) is 13.2. The van der Waals surface area contributed by atoms with Crippen molar-refractivity contribution in [3.63, 3.8) is 0 Å². The van der Waals surface area contributed by atoms with Gasteiger partial charge in [-0.05, 0) is 24.6 Å². The molecule has 0 bridgehead atoms. The second-order valence-corrected chi connectivity index (χ2v) is 6.24. The van der Waals surface area contributed by atoms with Gasteiger partial charge in [0.15, 0.2) is 5.25 Å². The minimum atomic E-state index is -3.58. The van der Waals surface area contributed by atoms with E-state index < -0.39 is 15.3 Å². The van der Waals surface area contributed by atoms with Crippen LogP contribution < -0.4 is 5.73 Å². The van der Waals surface area contributed by atoms with Crippen molar-refractivity contribution in [3.05, 3.63) is 29.8 Å². The molecule has 0 heterocycles. The number of sulfonamides is 1. The zero-order chi connectivity index (χ0) is 13.8. The van der Waals surface area contributed by atoms with Crippen molar-refractivity contribution in [1.82, 2.24) is 4.31 Å². The number of hydrogen-bond donors (Lipinski definition) is 1. The Bertz CT molecular complexity index is 549. The predicted octanol–water partition coefficient (Wildman–Crippen LogP) is 1.33. The average Bonchev–Trinajstić information content (AvgIpc) is 2.34. The van der Waals surface area contributed by atoms with Crippen molar-refractivity contribution < 1.29 is 8.42 Å². The summed E-state index contributed by atoms with van der Waals surface area (Å²) in [7, 11) is -3.58. The Labute approximate surface area is 108 Å². The minimum absolute atomic E-state index is 0.232. The number of nitrogens with two attached hydrogens (primary N) is 1. The number of nitrogen functional groups attached to an aromatic ring is 1. The van der Waals surface area contributed by atoms with E-state index in [1.54, 1.807) is 31.2 Å². The van der Waals surface area contributed by atoms with Gasteiger partial charge >= 0.3 is 0 Å². The first-order valence-electron chi connectivity index (χ1n) is 5.64. The SMILES string of the molecule is CCN(Cc1cccc(N)c1)S(=O)(=O)C(C)C#N. The van der Waals surface area contributed by atoms with E-state index in [0.717, 1.165) is 5.56 Å². The van der Waals surface area contributed by atoms with Crippen LogP contribution in [0.2, 0.25) is 0 Å². The van der Waals surface area contributed by atoms with Gasteiger partial charge in [-0.3, -0.25) is 0 Å². The highest BCUT2D eigenvalue weighted by atomic mass is 32.2. The molecule has 0 aliphatic heterocycles. The van der Waals surface area contributed by atoms with Gasteiger partial charge in [-0.25, -0.2) is 8.42 Å². The maximum atomic E-state index is 12.1. The number of hydrogen-bond acceptors (Lipinski definition) is 4. The van der Waals surface area contributed by atoms with E-state index in [2.05, 4.69) is 0 Å². The van der Waals surface area contributed by atoms with E-state index in [9.17, 15) is 8.42 Å². The van der Waals surface area contributed by atoms with Crippen LogP contribution in [0.5, 0.6) is 0 Å². The smallest absolute Gasteiger partial charge is 0.230 e. The van der Waals surface area contributed by atoms with Crippen LogP contribution in [-0.4, -0.2) is 24.5 Å². The van der Waals surface area contributed by atoms with Gasteiger partial charge in [0.25, 0.3) is 0 Å². The van der Waals surface area contributed by atoms with Gasteiger partial charge < -0.3 is 5.73 Å². The first-order chi connectivity index (χ1) is 8.41. The molecule has 0 amide bonds. The number of anilines is 1. The average molecular weight is 267 g/mol. The molecule has 0 aromatic heterocycles. The molecule has 1 rings (SSSR count). The van der Waals surface area contributed by atoms with E-state index in [1.807, 2.05) is 6.07 Å². The summed E-state index contributed by atoms with van der Waals surface area (Å²) >= 11 is 0. The Morgan fingerprint density at radius 1 is 1.50 bits per heavy atom. The molecule has 2 N–H and O–H groups in total. The van der Waals surface area contributed by atoms with Crippen LogP contribution in [-0.2, 0) is 16.6 Å². The zero-order valence-electron chi connectivity index (χ0n) is 10.5. The molecular weight excluding hydrogens is 250 g/mol. The highest BCUT2D eigenvalue weighted by Gasteiger charge is 2.27. The largest absolute Gasteiger partial charge is 0.399 e. The van der Waals surface area contributed by atoms with Gasteiger partial charge in [0.05, 0.1) is 6.07 Å². The molecule has 1 aromatic carbocycles. The van der Waals surface area contributed by atoms with Gasteiger partial charge in [-0.1, -0.05) is 19.1 Å². The molecule has 6 heteroatoms. The lowest BCUT2D eigenvalue weighted by Crippen LogP contribution is -2.36. The highest BCUT2D eigenvalue weighted by Crippen LogP contribution is 2.15. The Morgan fingerprint density at radius 2 is 2.17 bits per heavy atom. The molecule has 1 aromatic rings. The standard InChI is InChI=1S/C12H17N3O2S/c1-3-15(18(16,17)10(2)8-13)9-11-5-4-6-12(14)7-11/h4-7,10H,3,9,14H2,1-2H3. The molecule has 0 aliphatic carbocycles. The van der Waals surface area contributed by atoms with E-state index in [0.29, 0.717) is 12.2 Å². The van der Waals surface area contributed by atoms with Crippen molar-refractivity contribution in [2.45, 2.75) is 25.6 Å². The van der Waals surface area contributed by atoms with E-state index in [4.69, 9.17) is 11.0 Å². The maximum absolute atomic E-state index is 12.1. The molecule has 98 valence electrons. The Kier molecular flexibility index (Phi) is 4.70. The van der Waals surface area contributed by atoms with Crippen molar-refractivity contribution in [2.75, 3.05) is 12.3 Å². The van der Waals surface area contributed by atoms with Crippen molar-refractivity contribution in [3.8, 4) is 6.07 Å². The van der Waals surface area contributed by atoms with E-state index >= 15 is 0 Å². The topological polar surface area (TPSA) is 87.2 Å². The molecule has 0 saturated heterocycles. The monoisotopic (exact) mass is 267 g/mol. The van der Waals surface area contributed by atoms with E-state index in [1.165, 1.54) is 11.2 Å². The number of benzene rings is 1. The third-order valence-electron chi connectivity index (χ3n) is 2.65. The second-order valence-electron chi connectivity index (χ2n) is 3.99. The fourth-order valence-corrected chi connectivity index (χ4v) is 2.84. The van der Waals surface area contributed by atoms with Gasteiger partial charge in [0.1, 0.15) is 0 Å². The summed E-state index contributed by atoms with van der Waals surface area (Å²) in [5.74, 6) is 0. The molecule has 1 unspecified atom stereocenters. The number of rotatable bonds is 5. The summed E-state index contributed by atoms with van der Waals surface area (Å²) in [6.07, 6.45) is 0. The van der Waals surface area contributed by atoms with Gasteiger partial charge in [0.2, 0.25) is 10.0 Å². The number of nitriles is 1. The lowest BCUT2D eigenvalue weighted by Gasteiger charge is -2.21.